The van der Waals surface area contributed by atoms with Crippen LogP contribution in [0.1, 0.15) is 38.1 Å². The fraction of sp³-hybridized carbons (Fsp3) is 0.412. The lowest BCUT2D eigenvalue weighted by molar-refractivity contribution is -0.155. The Balaban J connectivity index is 2.13. The molecule has 0 bridgehead atoms. The maximum absolute atomic E-state index is 12.6. The molecule has 5 heteroatoms. The number of amides is 1. The van der Waals surface area contributed by atoms with E-state index in [9.17, 15) is 14.7 Å². The number of aromatic nitrogens is 1. The quantitative estimate of drug-likeness (QED) is 0.850. The Morgan fingerprint density at radius 1 is 1.27 bits per heavy atom. The number of fused-ring (bicyclic) bond motifs is 3. The van der Waals surface area contributed by atoms with Crippen molar-refractivity contribution in [1.29, 1.82) is 0 Å². The molecule has 1 amide bonds. The van der Waals surface area contributed by atoms with E-state index in [1.165, 1.54) is 4.90 Å². The number of carboxylic acid groups (broad SMARTS) is 1. The van der Waals surface area contributed by atoms with Crippen LogP contribution in [0.15, 0.2) is 24.3 Å². The van der Waals surface area contributed by atoms with Crippen molar-refractivity contribution in [2.45, 2.75) is 33.2 Å². The van der Waals surface area contributed by atoms with Gasteiger partial charge in [0.2, 0.25) is 5.91 Å². The Labute approximate surface area is 128 Å². The van der Waals surface area contributed by atoms with Crippen molar-refractivity contribution in [3.63, 3.8) is 0 Å². The molecule has 1 aliphatic rings. The van der Waals surface area contributed by atoms with Crippen LogP contribution in [0.3, 0.4) is 0 Å². The number of aliphatic carboxylic acids is 1. The Hall–Kier alpha value is -2.30. The molecule has 2 heterocycles. The van der Waals surface area contributed by atoms with E-state index in [0.717, 1.165) is 16.5 Å². The molecule has 3 rings (SSSR count). The van der Waals surface area contributed by atoms with Crippen molar-refractivity contribution < 1.29 is 14.7 Å². The maximum Gasteiger partial charge on any atom is 0.332 e. The predicted molar refractivity (Wildman–Crippen MR) is 83.5 cm³/mol. The number of para-hydroxylation sites is 1. The molecule has 0 saturated heterocycles. The summed E-state index contributed by atoms with van der Waals surface area (Å²) in [6, 6.07) is 6.84. The van der Waals surface area contributed by atoms with Crippen molar-refractivity contribution in [2.24, 2.45) is 5.41 Å². The second-order valence-corrected chi connectivity index (χ2v) is 6.80. The number of nitrogens with zero attached hydrogens (tertiary/aromatic N) is 1. The Bertz CT molecular complexity index is 755. The van der Waals surface area contributed by atoms with Crippen LogP contribution in [-0.4, -0.2) is 33.4 Å². The SMILES string of the molecule is CC(C)(C)C(=O)N1CCc2c([nH]c3ccccc23)C1C(=O)O. The Kier molecular flexibility index (Phi) is 3.24. The molecule has 0 saturated carbocycles. The lowest BCUT2D eigenvalue weighted by Crippen LogP contribution is -2.47. The standard InChI is InChI=1S/C17H20N2O3/c1-17(2,3)16(22)19-9-8-11-10-6-4-5-7-12(10)18-13(11)14(19)15(20)21/h4-7,14,18H,8-9H2,1-3H3,(H,20,21). The van der Waals surface area contributed by atoms with Gasteiger partial charge in [-0.3, -0.25) is 4.79 Å². The molecule has 2 aromatic rings. The summed E-state index contributed by atoms with van der Waals surface area (Å²) in [5.74, 6) is -1.13. The number of hydrogen-bond donors (Lipinski definition) is 2. The first kappa shape index (κ1) is 14.6. The number of benzene rings is 1. The number of carboxylic acids is 1. The molecule has 0 spiro atoms. The van der Waals surface area contributed by atoms with E-state index in [2.05, 4.69) is 4.98 Å². The summed E-state index contributed by atoms with van der Waals surface area (Å²) in [7, 11) is 0. The third kappa shape index (κ3) is 2.17. The minimum absolute atomic E-state index is 0.135. The molecular weight excluding hydrogens is 280 g/mol. The first-order chi connectivity index (χ1) is 10.3. The van der Waals surface area contributed by atoms with Crippen molar-refractivity contribution in [2.75, 3.05) is 6.54 Å². The van der Waals surface area contributed by atoms with E-state index in [0.29, 0.717) is 18.7 Å². The van der Waals surface area contributed by atoms with Crippen LogP contribution < -0.4 is 0 Å². The van der Waals surface area contributed by atoms with Gasteiger partial charge >= 0.3 is 5.97 Å². The molecule has 0 fully saturated rings. The van der Waals surface area contributed by atoms with Gasteiger partial charge in [-0.15, -0.1) is 0 Å². The van der Waals surface area contributed by atoms with Gasteiger partial charge in [-0.2, -0.15) is 0 Å². The summed E-state index contributed by atoms with van der Waals surface area (Å²) in [6.07, 6.45) is 0.672. The molecule has 2 N–H and O–H groups in total. The van der Waals surface area contributed by atoms with Crippen molar-refractivity contribution in [3.05, 3.63) is 35.5 Å². The van der Waals surface area contributed by atoms with Crippen LogP contribution in [0.5, 0.6) is 0 Å². The van der Waals surface area contributed by atoms with Crippen LogP contribution in [0.4, 0.5) is 0 Å². The van der Waals surface area contributed by atoms with Crippen molar-refractivity contribution in [1.82, 2.24) is 9.88 Å². The Morgan fingerprint density at radius 3 is 2.59 bits per heavy atom. The number of carbonyl (C=O) groups is 2. The zero-order chi connectivity index (χ0) is 16.1. The smallest absolute Gasteiger partial charge is 0.332 e. The predicted octanol–water partition coefficient (Wildman–Crippen LogP) is 2.72. The first-order valence-corrected chi connectivity index (χ1v) is 7.44. The first-order valence-electron chi connectivity index (χ1n) is 7.44. The van der Waals surface area contributed by atoms with Gasteiger partial charge in [0.15, 0.2) is 6.04 Å². The lowest BCUT2D eigenvalue weighted by atomic mass is 9.90. The molecule has 116 valence electrons. The molecule has 1 aromatic carbocycles. The molecule has 22 heavy (non-hydrogen) atoms. The van der Waals surface area contributed by atoms with E-state index in [1.807, 2.05) is 45.0 Å². The van der Waals surface area contributed by atoms with Crippen molar-refractivity contribution >= 4 is 22.8 Å². The van der Waals surface area contributed by atoms with Gasteiger partial charge in [0, 0.05) is 22.9 Å². The molecule has 5 nitrogen and oxygen atoms in total. The highest BCUT2D eigenvalue weighted by atomic mass is 16.4. The molecule has 1 aromatic heterocycles. The summed E-state index contributed by atoms with van der Waals surface area (Å²) in [5.41, 5.74) is 1.97. The van der Waals surface area contributed by atoms with Gasteiger partial charge in [-0.1, -0.05) is 39.0 Å². The Morgan fingerprint density at radius 2 is 1.95 bits per heavy atom. The summed E-state index contributed by atoms with van der Waals surface area (Å²) >= 11 is 0. The number of H-pyrrole nitrogens is 1. The van der Waals surface area contributed by atoms with Crippen LogP contribution in [-0.2, 0) is 16.0 Å². The van der Waals surface area contributed by atoms with Crippen molar-refractivity contribution in [3.8, 4) is 0 Å². The monoisotopic (exact) mass is 300 g/mol. The molecule has 1 aliphatic heterocycles. The van der Waals surface area contributed by atoms with Gasteiger partial charge in [0.25, 0.3) is 0 Å². The minimum atomic E-state index is -0.995. The number of aromatic amines is 1. The number of rotatable bonds is 1. The van der Waals surface area contributed by atoms with E-state index in [-0.39, 0.29) is 5.91 Å². The number of carbonyl (C=O) groups excluding carboxylic acids is 1. The zero-order valence-corrected chi connectivity index (χ0v) is 13.0. The van der Waals surface area contributed by atoms with Gasteiger partial charge in [-0.25, -0.2) is 4.79 Å². The number of nitrogens with one attached hydrogen (secondary N) is 1. The summed E-state index contributed by atoms with van der Waals surface area (Å²) < 4.78 is 0. The minimum Gasteiger partial charge on any atom is -0.479 e. The summed E-state index contributed by atoms with van der Waals surface area (Å²) in [5, 5.41) is 10.7. The molecule has 0 aliphatic carbocycles. The highest BCUT2D eigenvalue weighted by molar-refractivity contribution is 5.92. The highest BCUT2D eigenvalue weighted by Crippen LogP contribution is 2.36. The van der Waals surface area contributed by atoms with Gasteiger partial charge in [-0.05, 0) is 18.1 Å². The third-order valence-corrected chi connectivity index (χ3v) is 4.17. The lowest BCUT2D eigenvalue weighted by Gasteiger charge is -2.37. The summed E-state index contributed by atoms with van der Waals surface area (Å²) in [6.45, 7) is 5.88. The van der Waals surface area contributed by atoms with E-state index in [1.54, 1.807) is 0 Å². The topological polar surface area (TPSA) is 73.4 Å². The van der Waals surface area contributed by atoms with Crippen LogP contribution in [0.2, 0.25) is 0 Å². The molecule has 1 atom stereocenters. The highest BCUT2D eigenvalue weighted by Gasteiger charge is 2.41. The van der Waals surface area contributed by atoms with E-state index in [4.69, 9.17) is 0 Å². The largest absolute Gasteiger partial charge is 0.479 e. The van der Waals surface area contributed by atoms with Gasteiger partial charge < -0.3 is 15.0 Å². The van der Waals surface area contributed by atoms with Crippen LogP contribution >= 0.6 is 0 Å². The van der Waals surface area contributed by atoms with Gasteiger partial charge in [0.1, 0.15) is 0 Å². The fourth-order valence-corrected chi connectivity index (χ4v) is 3.15. The maximum atomic E-state index is 12.6. The fourth-order valence-electron chi connectivity index (χ4n) is 3.15. The second kappa shape index (κ2) is 4.87. The van der Waals surface area contributed by atoms with E-state index >= 15 is 0 Å². The average molecular weight is 300 g/mol. The second-order valence-electron chi connectivity index (χ2n) is 6.80. The summed E-state index contributed by atoms with van der Waals surface area (Å²) in [4.78, 5) is 29.1. The molecular formula is C17H20N2O3. The zero-order valence-electron chi connectivity index (χ0n) is 13.0. The van der Waals surface area contributed by atoms with Crippen LogP contribution in [0.25, 0.3) is 10.9 Å². The normalized spacial score (nSPS) is 18.3. The average Bonchev–Trinajstić information content (AvgIpc) is 2.82. The molecule has 1 unspecified atom stereocenters. The third-order valence-electron chi connectivity index (χ3n) is 4.17. The van der Waals surface area contributed by atoms with E-state index < -0.39 is 17.4 Å². The number of hydrogen-bond acceptors (Lipinski definition) is 2. The molecule has 0 radical (unpaired) electrons. The van der Waals surface area contributed by atoms with Crippen LogP contribution in [0, 0.1) is 5.41 Å². The van der Waals surface area contributed by atoms with Gasteiger partial charge in [0.05, 0.1) is 5.69 Å².